The minimum atomic E-state index is -1.41. The molecular weight excluding hydrogens is 562 g/mol. The number of nitrogens with two attached hydrogens (primary N) is 1. The van der Waals surface area contributed by atoms with Gasteiger partial charge in [0.1, 0.15) is 18.1 Å². The first-order valence-electron chi connectivity index (χ1n) is 13.6. The predicted octanol–water partition coefficient (Wildman–Crippen LogP) is 2.26. The summed E-state index contributed by atoms with van der Waals surface area (Å²) < 4.78 is 5.10. The van der Waals surface area contributed by atoms with Crippen molar-refractivity contribution in [3.8, 4) is 0 Å². The van der Waals surface area contributed by atoms with Crippen LogP contribution in [0.15, 0.2) is 53.7 Å². The molecule has 0 saturated heterocycles. The largest absolute Gasteiger partial charge is 0.461 e. The lowest BCUT2D eigenvalue weighted by Gasteiger charge is -2.40. The summed E-state index contributed by atoms with van der Waals surface area (Å²) in [6, 6.07) is 5.93. The Hall–Kier alpha value is -4.23. The van der Waals surface area contributed by atoms with Crippen LogP contribution in [0.4, 0.5) is 10.5 Å². The number of carbonyl (C=O) groups excluding carboxylic acids is 5. The van der Waals surface area contributed by atoms with Gasteiger partial charge in [0.25, 0.3) is 0 Å². The lowest BCUT2D eigenvalue weighted by Crippen LogP contribution is -2.59. The maximum atomic E-state index is 13.6. The lowest BCUT2D eigenvalue weighted by atomic mass is 9.67. The van der Waals surface area contributed by atoms with Gasteiger partial charge in [0.05, 0.1) is 19.1 Å². The van der Waals surface area contributed by atoms with Gasteiger partial charge in [-0.25, -0.2) is 4.79 Å². The number of aliphatic hydroxyl groups excluding tert-OH is 1. The Balaban J connectivity index is 1.73. The number of rotatable bonds is 16. The summed E-state index contributed by atoms with van der Waals surface area (Å²) >= 11 is 1.41. The van der Waals surface area contributed by atoms with Crippen molar-refractivity contribution in [2.45, 2.75) is 57.2 Å². The Labute approximate surface area is 248 Å². The Kier molecular flexibility index (Phi) is 12.1. The van der Waals surface area contributed by atoms with Crippen molar-refractivity contribution in [2.24, 2.45) is 11.1 Å². The van der Waals surface area contributed by atoms with Gasteiger partial charge in [0.15, 0.2) is 0 Å². The third-order valence-electron chi connectivity index (χ3n) is 7.05. The van der Waals surface area contributed by atoms with Gasteiger partial charge in [-0.3, -0.25) is 19.2 Å². The minimum Gasteiger partial charge on any atom is -0.461 e. The van der Waals surface area contributed by atoms with Crippen LogP contribution in [0.2, 0.25) is 0 Å². The van der Waals surface area contributed by atoms with Gasteiger partial charge < -0.3 is 36.8 Å². The lowest BCUT2D eigenvalue weighted by molar-refractivity contribution is -0.151. The van der Waals surface area contributed by atoms with Crippen LogP contribution in [0.25, 0.3) is 0 Å². The van der Waals surface area contributed by atoms with Gasteiger partial charge in [-0.2, -0.15) is 11.3 Å². The summed E-state index contributed by atoms with van der Waals surface area (Å²) in [5.74, 6) is -2.15. The number of primary amides is 1. The van der Waals surface area contributed by atoms with Crippen LogP contribution >= 0.6 is 11.3 Å². The number of ether oxygens (including phenoxy) is 1. The van der Waals surface area contributed by atoms with Gasteiger partial charge >= 0.3 is 12.0 Å². The third kappa shape index (κ3) is 8.88. The molecule has 0 bridgehead atoms. The van der Waals surface area contributed by atoms with Gasteiger partial charge in [0, 0.05) is 12.2 Å². The Bertz CT molecular complexity index is 1250. The molecule has 0 spiro atoms. The summed E-state index contributed by atoms with van der Waals surface area (Å²) in [6.45, 7) is 3.61. The van der Waals surface area contributed by atoms with Crippen molar-refractivity contribution in [2.75, 3.05) is 18.5 Å². The van der Waals surface area contributed by atoms with Crippen LogP contribution in [0.1, 0.15) is 55.7 Å². The summed E-state index contributed by atoms with van der Waals surface area (Å²) in [6.07, 6.45) is 3.02. The molecule has 1 saturated carbocycles. The first-order valence-corrected chi connectivity index (χ1v) is 14.6. The molecule has 12 nitrogen and oxygen atoms in total. The zero-order valence-corrected chi connectivity index (χ0v) is 24.0. The first kappa shape index (κ1) is 32.3. The van der Waals surface area contributed by atoms with Crippen molar-refractivity contribution in [3.05, 3.63) is 64.9 Å². The number of anilines is 1. The second-order valence-corrected chi connectivity index (χ2v) is 10.8. The molecule has 1 fully saturated rings. The van der Waals surface area contributed by atoms with Gasteiger partial charge in [-0.15, -0.1) is 0 Å². The maximum Gasteiger partial charge on any atom is 0.312 e. The molecule has 1 aliphatic rings. The fraction of sp³-hybridized carbons (Fsp3) is 0.414. The maximum absolute atomic E-state index is 13.6. The number of esters is 1. The highest BCUT2D eigenvalue weighted by Crippen LogP contribution is 2.42. The number of benzene rings is 1. The standard InChI is InChI=1S/C29H37N5O7S/c1-2-14-41-24(36)16-23(20-10-15-42-18-20)34-27(39)29(11-4-12-29)26(38)33-22(5-3-13-31-28(30)40)25(37)32-21-8-6-19(17-35)7-9-21/h2,6-10,15,18,22-23,35H,1,3-5,11-14,16-17H2,(H,32,37)(H,33,38)(H,34,39)(H3,30,31,40). The predicted molar refractivity (Wildman–Crippen MR) is 157 cm³/mol. The number of hydrogen-bond donors (Lipinski definition) is 6. The molecule has 0 radical (unpaired) electrons. The quantitative estimate of drug-likeness (QED) is 0.0738. The Morgan fingerprint density at radius 3 is 2.38 bits per heavy atom. The van der Waals surface area contributed by atoms with E-state index in [1.54, 1.807) is 30.3 Å². The second-order valence-electron chi connectivity index (χ2n) is 10.00. The monoisotopic (exact) mass is 599 g/mol. The van der Waals surface area contributed by atoms with Crippen molar-refractivity contribution in [1.82, 2.24) is 16.0 Å². The van der Waals surface area contributed by atoms with Gasteiger partial charge in [0.2, 0.25) is 17.7 Å². The zero-order valence-electron chi connectivity index (χ0n) is 23.2. The van der Waals surface area contributed by atoms with Crippen molar-refractivity contribution in [1.29, 1.82) is 0 Å². The first-order chi connectivity index (χ1) is 20.2. The number of carbonyl (C=O) groups is 5. The van der Waals surface area contributed by atoms with Crippen LogP contribution in [0, 0.1) is 5.41 Å². The highest BCUT2D eigenvalue weighted by Gasteiger charge is 2.52. The van der Waals surface area contributed by atoms with E-state index in [2.05, 4.69) is 27.8 Å². The van der Waals surface area contributed by atoms with E-state index in [-0.39, 0.29) is 45.4 Å². The third-order valence-corrected chi connectivity index (χ3v) is 7.76. The number of thiophene rings is 1. The van der Waals surface area contributed by atoms with Gasteiger partial charge in [-0.1, -0.05) is 31.2 Å². The van der Waals surface area contributed by atoms with E-state index in [9.17, 15) is 29.1 Å². The van der Waals surface area contributed by atoms with E-state index in [0.717, 1.165) is 0 Å². The van der Waals surface area contributed by atoms with Crippen LogP contribution in [-0.2, 0) is 30.5 Å². The SMILES string of the molecule is C=CCOC(=O)CC(NC(=O)C1(C(=O)NC(CCCNC(N)=O)C(=O)Nc2ccc(CO)cc2)CCC1)c1ccsc1. The van der Waals surface area contributed by atoms with E-state index in [4.69, 9.17) is 10.5 Å². The molecule has 7 N–H and O–H groups in total. The minimum absolute atomic E-state index is 0.0411. The van der Waals surface area contributed by atoms with Crippen LogP contribution in [-0.4, -0.2) is 54.0 Å². The Morgan fingerprint density at radius 1 is 1.10 bits per heavy atom. The molecule has 13 heteroatoms. The molecule has 3 rings (SSSR count). The summed E-state index contributed by atoms with van der Waals surface area (Å²) in [7, 11) is 0. The average molecular weight is 600 g/mol. The van der Waals surface area contributed by atoms with E-state index < -0.39 is 47.2 Å². The molecule has 1 aromatic heterocycles. The normalized spacial score (nSPS) is 14.8. The second kappa shape index (κ2) is 15.7. The van der Waals surface area contributed by atoms with Crippen molar-refractivity contribution < 1.29 is 33.8 Å². The zero-order chi connectivity index (χ0) is 30.5. The number of urea groups is 1. The number of amides is 5. The van der Waals surface area contributed by atoms with Gasteiger partial charge in [-0.05, 0) is 65.8 Å². The molecule has 226 valence electrons. The van der Waals surface area contributed by atoms with Crippen LogP contribution in [0.3, 0.4) is 0 Å². The Morgan fingerprint density at radius 2 is 1.81 bits per heavy atom. The van der Waals surface area contributed by atoms with Crippen molar-refractivity contribution in [3.63, 3.8) is 0 Å². The number of hydrogen-bond acceptors (Lipinski definition) is 8. The molecule has 1 aliphatic carbocycles. The number of aliphatic hydroxyl groups is 1. The number of nitrogens with one attached hydrogen (secondary N) is 4. The topological polar surface area (TPSA) is 189 Å². The van der Waals surface area contributed by atoms with E-state index >= 15 is 0 Å². The average Bonchev–Trinajstić information content (AvgIpc) is 3.48. The molecule has 5 amide bonds. The molecule has 1 heterocycles. The smallest absolute Gasteiger partial charge is 0.312 e. The van der Waals surface area contributed by atoms with Crippen LogP contribution < -0.4 is 27.0 Å². The molecule has 2 aromatic rings. The van der Waals surface area contributed by atoms with Crippen LogP contribution in [0.5, 0.6) is 0 Å². The highest BCUT2D eigenvalue weighted by atomic mass is 32.1. The molecule has 1 aromatic carbocycles. The van der Waals surface area contributed by atoms with E-state index in [1.165, 1.54) is 17.4 Å². The summed E-state index contributed by atoms with van der Waals surface area (Å²) in [5.41, 5.74) is 5.56. The van der Waals surface area contributed by atoms with Crippen molar-refractivity contribution >= 4 is 46.7 Å². The molecular formula is C29H37N5O7S. The molecule has 2 atom stereocenters. The molecule has 42 heavy (non-hydrogen) atoms. The highest BCUT2D eigenvalue weighted by molar-refractivity contribution is 7.08. The molecule has 0 aliphatic heterocycles. The van der Waals surface area contributed by atoms with E-state index in [0.29, 0.717) is 29.7 Å². The summed E-state index contributed by atoms with van der Waals surface area (Å²) in [4.78, 5) is 63.9. The fourth-order valence-corrected chi connectivity index (χ4v) is 5.21. The fourth-order valence-electron chi connectivity index (χ4n) is 4.49. The summed E-state index contributed by atoms with van der Waals surface area (Å²) in [5, 5.41) is 23.7. The van der Waals surface area contributed by atoms with E-state index in [1.807, 2.05) is 10.8 Å². The molecule has 2 unspecified atom stereocenters.